The average molecular weight is 413 g/mol. The Labute approximate surface area is 179 Å². The van der Waals surface area contributed by atoms with Gasteiger partial charge in [-0.1, -0.05) is 48.0 Å². The Kier molecular flexibility index (Phi) is 6.76. The first kappa shape index (κ1) is 21.3. The average Bonchev–Trinajstić information content (AvgIpc) is 2.78. The third kappa shape index (κ3) is 5.78. The number of aryl methyl sites for hydroxylation is 1. The van der Waals surface area contributed by atoms with Gasteiger partial charge in [-0.15, -0.1) is 0 Å². The van der Waals surface area contributed by atoms with Gasteiger partial charge in [-0.05, 0) is 36.8 Å². The Hall–Kier alpha value is -4.44. The van der Waals surface area contributed by atoms with E-state index in [1.165, 1.54) is 18.2 Å². The molecule has 0 aliphatic carbocycles. The minimum absolute atomic E-state index is 0.101. The summed E-state index contributed by atoms with van der Waals surface area (Å²) >= 11 is 0. The molecule has 3 aromatic carbocycles. The lowest BCUT2D eigenvalue weighted by molar-refractivity contribution is -0.384. The molecule has 31 heavy (non-hydrogen) atoms. The Morgan fingerprint density at radius 2 is 1.87 bits per heavy atom. The van der Waals surface area contributed by atoms with Crippen molar-refractivity contribution in [2.45, 2.75) is 6.92 Å². The smallest absolute Gasteiger partial charge is 0.270 e. The summed E-state index contributed by atoms with van der Waals surface area (Å²) in [5, 5.41) is 23.3. The molecule has 0 saturated heterocycles. The lowest BCUT2D eigenvalue weighted by Gasteiger charge is -2.10. The number of rotatable bonds is 7. The number of nitriles is 1. The van der Waals surface area contributed by atoms with E-state index in [2.05, 4.69) is 11.4 Å². The van der Waals surface area contributed by atoms with E-state index in [1.807, 2.05) is 31.2 Å². The molecule has 1 N–H and O–H groups in total. The predicted molar refractivity (Wildman–Crippen MR) is 118 cm³/mol. The molecule has 0 unspecified atom stereocenters. The summed E-state index contributed by atoms with van der Waals surface area (Å²) in [5.41, 5.74) is 2.90. The fourth-order valence-corrected chi connectivity index (χ4v) is 2.83. The van der Waals surface area contributed by atoms with Crippen molar-refractivity contribution in [1.29, 1.82) is 5.26 Å². The molecule has 7 nitrogen and oxygen atoms in total. The number of nitrogens with one attached hydrogen (secondary N) is 1. The highest BCUT2D eigenvalue weighted by atomic mass is 16.6. The summed E-state index contributed by atoms with van der Waals surface area (Å²) < 4.78 is 5.66. The van der Waals surface area contributed by atoms with E-state index in [9.17, 15) is 20.2 Å². The molecule has 0 atom stereocenters. The van der Waals surface area contributed by atoms with Crippen LogP contribution >= 0.6 is 0 Å². The second kappa shape index (κ2) is 9.85. The molecule has 7 heteroatoms. The zero-order valence-corrected chi connectivity index (χ0v) is 16.7. The van der Waals surface area contributed by atoms with E-state index in [1.54, 1.807) is 36.4 Å². The van der Waals surface area contributed by atoms with Crippen LogP contribution in [0, 0.1) is 28.4 Å². The van der Waals surface area contributed by atoms with Crippen LogP contribution in [-0.4, -0.2) is 17.4 Å². The zero-order chi connectivity index (χ0) is 22.2. The first-order valence-corrected chi connectivity index (χ1v) is 9.41. The van der Waals surface area contributed by atoms with Crippen LogP contribution in [0.2, 0.25) is 0 Å². The summed E-state index contributed by atoms with van der Waals surface area (Å²) in [7, 11) is 0. The van der Waals surface area contributed by atoms with Crippen LogP contribution in [0.25, 0.3) is 11.6 Å². The van der Waals surface area contributed by atoms with E-state index < -0.39 is 4.92 Å². The highest BCUT2D eigenvalue weighted by Crippen LogP contribution is 2.26. The van der Waals surface area contributed by atoms with Crippen LogP contribution < -0.4 is 10.1 Å². The van der Waals surface area contributed by atoms with Crippen LogP contribution in [0.15, 0.2) is 72.8 Å². The number of para-hydroxylation sites is 1. The first-order chi connectivity index (χ1) is 15.0. The van der Waals surface area contributed by atoms with Gasteiger partial charge in [-0.2, -0.15) is 5.26 Å². The Balaban J connectivity index is 1.77. The van der Waals surface area contributed by atoms with Gasteiger partial charge in [-0.25, -0.2) is 0 Å². The van der Waals surface area contributed by atoms with Crippen LogP contribution in [0.1, 0.15) is 16.7 Å². The number of non-ortho nitro benzene ring substituents is 1. The van der Waals surface area contributed by atoms with Gasteiger partial charge in [0.15, 0.2) is 6.61 Å². The molecule has 0 aromatic heterocycles. The van der Waals surface area contributed by atoms with Crippen molar-refractivity contribution in [3.05, 3.63) is 99.6 Å². The van der Waals surface area contributed by atoms with Crippen molar-refractivity contribution >= 4 is 28.9 Å². The number of allylic oxidation sites excluding steroid dienone is 1. The molecule has 3 aromatic rings. The lowest BCUT2D eigenvalue weighted by Crippen LogP contribution is -2.20. The van der Waals surface area contributed by atoms with Crippen molar-refractivity contribution < 1.29 is 14.5 Å². The SMILES string of the molecule is Cc1ccc(NC(=O)COc2ccccc2C=C(C#N)c2cccc([N+](=O)[O-])c2)cc1. The number of nitro benzene ring substituents is 1. The maximum Gasteiger partial charge on any atom is 0.270 e. The number of amides is 1. The number of benzene rings is 3. The molecule has 0 spiro atoms. The molecule has 0 saturated carbocycles. The lowest BCUT2D eigenvalue weighted by atomic mass is 10.0. The minimum Gasteiger partial charge on any atom is -0.483 e. The topological polar surface area (TPSA) is 105 Å². The normalized spacial score (nSPS) is 10.8. The molecular formula is C24H19N3O4. The predicted octanol–water partition coefficient (Wildman–Crippen LogP) is 4.98. The third-order valence-electron chi connectivity index (χ3n) is 4.40. The molecule has 0 aliphatic heterocycles. The van der Waals surface area contributed by atoms with Gasteiger partial charge in [0.05, 0.1) is 16.6 Å². The molecular weight excluding hydrogens is 394 g/mol. The fraction of sp³-hybridized carbons (Fsp3) is 0.0833. The van der Waals surface area contributed by atoms with E-state index in [4.69, 9.17) is 4.74 Å². The number of hydrogen-bond acceptors (Lipinski definition) is 5. The van der Waals surface area contributed by atoms with Crippen LogP contribution in [-0.2, 0) is 4.79 Å². The van der Waals surface area contributed by atoms with Gasteiger partial charge in [0, 0.05) is 23.4 Å². The molecule has 0 bridgehead atoms. The molecule has 0 aliphatic rings. The molecule has 3 rings (SSSR count). The zero-order valence-electron chi connectivity index (χ0n) is 16.7. The largest absolute Gasteiger partial charge is 0.483 e. The summed E-state index contributed by atoms with van der Waals surface area (Å²) in [4.78, 5) is 22.7. The maximum atomic E-state index is 12.2. The summed E-state index contributed by atoms with van der Waals surface area (Å²) in [5.74, 6) is 0.0987. The van der Waals surface area contributed by atoms with Gasteiger partial charge in [0.2, 0.25) is 0 Å². The van der Waals surface area contributed by atoms with Crippen molar-refractivity contribution in [1.82, 2.24) is 0 Å². The summed E-state index contributed by atoms with van der Waals surface area (Å²) in [6.45, 7) is 1.75. The van der Waals surface area contributed by atoms with Gasteiger partial charge >= 0.3 is 0 Å². The highest BCUT2D eigenvalue weighted by molar-refractivity contribution is 5.93. The highest BCUT2D eigenvalue weighted by Gasteiger charge is 2.11. The molecule has 154 valence electrons. The second-order valence-corrected chi connectivity index (χ2v) is 6.72. The van der Waals surface area contributed by atoms with Crippen molar-refractivity contribution in [3.63, 3.8) is 0 Å². The minimum atomic E-state index is -0.512. The Morgan fingerprint density at radius 3 is 2.58 bits per heavy atom. The van der Waals surface area contributed by atoms with Crippen LogP contribution in [0.3, 0.4) is 0 Å². The van der Waals surface area contributed by atoms with Crippen molar-refractivity contribution in [2.24, 2.45) is 0 Å². The molecule has 0 radical (unpaired) electrons. The van der Waals surface area contributed by atoms with E-state index in [-0.39, 0.29) is 23.8 Å². The number of nitrogens with zero attached hydrogens (tertiary/aromatic N) is 2. The molecule has 0 heterocycles. The van der Waals surface area contributed by atoms with E-state index in [0.717, 1.165) is 5.56 Å². The fourth-order valence-electron chi connectivity index (χ4n) is 2.83. The second-order valence-electron chi connectivity index (χ2n) is 6.72. The van der Waals surface area contributed by atoms with Crippen molar-refractivity contribution in [3.8, 4) is 11.8 Å². The molecule has 0 fully saturated rings. The van der Waals surface area contributed by atoms with Gasteiger partial charge in [0.25, 0.3) is 11.6 Å². The van der Waals surface area contributed by atoms with Crippen molar-refractivity contribution in [2.75, 3.05) is 11.9 Å². The van der Waals surface area contributed by atoms with Crippen LogP contribution in [0.5, 0.6) is 5.75 Å². The number of carbonyl (C=O) groups excluding carboxylic acids is 1. The monoisotopic (exact) mass is 413 g/mol. The standard InChI is InChI=1S/C24H19N3O4/c1-17-9-11-21(12-10-17)26-24(28)16-31-23-8-3-2-5-19(23)13-20(15-25)18-6-4-7-22(14-18)27(29)30/h2-14H,16H2,1H3,(H,26,28). The number of anilines is 1. The van der Waals surface area contributed by atoms with E-state index >= 15 is 0 Å². The number of carbonyl (C=O) groups is 1. The molecule has 1 amide bonds. The third-order valence-corrected chi connectivity index (χ3v) is 4.40. The van der Waals surface area contributed by atoms with Gasteiger partial charge < -0.3 is 10.1 Å². The quantitative estimate of drug-likeness (QED) is 0.254. The number of ether oxygens (including phenoxy) is 1. The van der Waals surface area contributed by atoms with E-state index in [0.29, 0.717) is 22.6 Å². The Bertz CT molecular complexity index is 1180. The summed E-state index contributed by atoms with van der Waals surface area (Å²) in [6.07, 6.45) is 1.58. The first-order valence-electron chi connectivity index (χ1n) is 9.41. The Morgan fingerprint density at radius 1 is 1.13 bits per heavy atom. The van der Waals surface area contributed by atoms with Gasteiger partial charge in [-0.3, -0.25) is 14.9 Å². The number of nitro groups is 1. The number of hydrogen-bond donors (Lipinski definition) is 1. The van der Waals surface area contributed by atoms with Crippen LogP contribution in [0.4, 0.5) is 11.4 Å². The summed E-state index contributed by atoms with van der Waals surface area (Å²) in [6, 6.07) is 22.3. The van der Waals surface area contributed by atoms with Gasteiger partial charge in [0.1, 0.15) is 5.75 Å². The maximum absolute atomic E-state index is 12.2.